The van der Waals surface area contributed by atoms with E-state index in [4.69, 9.17) is 14.3 Å². The standard InChI is InChI=1S/C25H21NO5/c27-24(28)15-22(18-9-5-2-6-10-18)26-25(29)30-16-21-14-20-13-19(11-12-23(20)31-21)17-7-3-1-4-8-17/h1-14,22H,15-16H2,(H,26,29)(H,27,28). The fourth-order valence-electron chi connectivity index (χ4n) is 3.41. The van der Waals surface area contributed by atoms with Crippen molar-refractivity contribution < 1.29 is 23.8 Å². The van der Waals surface area contributed by atoms with Crippen LogP contribution in [0.5, 0.6) is 0 Å². The Morgan fingerprint density at radius 1 is 0.903 bits per heavy atom. The quantitative estimate of drug-likeness (QED) is 0.414. The normalized spacial score (nSPS) is 11.7. The molecule has 0 aliphatic carbocycles. The lowest BCUT2D eigenvalue weighted by atomic mass is 10.0. The summed E-state index contributed by atoms with van der Waals surface area (Å²) in [5.41, 5.74) is 3.57. The van der Waals surface area contributed by atoms with Gasteiger partial charge in [-0.05, 0) is 34.9 Å². The Balaban J connectivity index is 1.42. The zero-order chi connectivity index (χ0) is 21.6. The fourth-order valence-corrected chi connectivity index (χ4v) is 3.41. The molecule has 1 heterocycles. The van der Waals surface area contributed by atoms with E-state index in [-0.39, 0.29) is 13.0 Å². The van der Waals surface area contributed by atoms with Crippen LogP contribution in [0, 0.1) is 0 Å². The Morgan fingerprint density at radius 2 is 1.61 bits per heavy atom. The van der Waals surface area contributed by atoms with E-state index in [9.17, 15) is 9.59 Å². The molecule has 0 fully saturated rings. The van der Waals surface area contributed by atoms with E-state index in [2.05, 4.69) is 5.32 Å². The number of alkyl carbamates (subject to hydrolysis) is 1. The number of fused-ring (bicyclic) bond motifs is 1. The van der Waals surface area contributed by atoms with Crippen LogP contribution in [0.4, 0.5) is 4.79 Å². The number of hydrogen-bond acceptors (Lipinski definition) is 4. The van der Waals surface area contributed by atoms with Crippen molar-refractivity contribution in [2.75, 3.05) is 0 Å². The molecule has 1 amide bonds. The van der Waals surface area contributed by atoms with Crippen LogP contribution in [0.25, 0.3) is 22.1 Å². The minimum absolute atomic E-state index is 0.0598. The van der Waals surface area contributed by atoms with Gasteiger partial charge in [0.1, 0.15) is 11.3 Å². The molecule has 1 aromatic heterocycles. The molecule has 1 unspecified atom stereocenters. The number of nitrogens with one attached hydrogen (secondary N) is 1. The van der Waals surface area contributed by atoms with Crippen LogP contribution >= 0.6 is 0 Å². The van der Waals surface area contributed by atoms with Gasteiger partial charge in [0, 0.05) is 5.39 Å². The van der Waals surface area contributed by atoms with Gasteiger partial charge < -0.3 is 19.6 Å². The molecule has 0 saturated heterocycles. The van der Waals surface area contributed by atoms with E-state index in [1.165, 1.54) is 0 Å². The summed E-state index contributed by atoms with van der Waals surface area (Å²) in [6.07, 6.45) is -0.952. The van der Waals surface area contributed by atoms with Crippen LogP contribution in [0.3, 0.4) is 0 Å². The molecule has 0 saturated carbocycles. The van der Waals surface area contributed by atoms with Gasteiger partial charge in [-0.15, -0.1) is 0 Å². The number of aliphatic carboxylic acids is 1. The second kappa shape index (κ2) is 9.17. The van der Waals surface area contributed by atoms with E-state index in [0.717, 1.165) is 16.5 Å². The molecule has 2 N–H and O–H groups in total. The van der Waals surface area contributed by atoms with Crippen LogP contribution < -0.4 is 5.32 Å². The summed E-state index contributed by atoms with van der Waals surface area (Å²) in [6.45, 7) is -0.0598. The number of rotatable bonds is 7. The van der Waals surface area contributed by atoms with Crippen LogP contribution in [-0.2, 0) is 16.1 Å². The van der Waals surface area contributed by atoms with Crippen LogP contribution in [0.1, 0.15) is 23.8 Å². The van der Waals surface area contributed by atoms with Crippen molar-refractivity contribution in [2.24, 2.45) is 0 Å². The average Bonchev–Trinajstić information content (AvgIpc) is 3.20. The van der Waals surface area contributed by atoms with E-state index in [1.54, 1.807) is 24.3 Å². The van der Waals surface area contributed by atoms with Gasteiger partial charge >= 0.3 is 12.1 Å². The molecule has 0 radical (unpaired) electrons. The summed E-state index contributed by atoms with van der Waals surface area (Å²) in [7, 11) is 0. The van der Waals surface area contributed by atoms with Gasteiger partial charge in [0.25, 0.3) is 0 Å². The Hall–Kier alpha value is -4.06. The van der Waals surface area contributed by atoms with Crippen LogP contribution in [-0.4, -0.2) is 17.2 Å². The molecular formula is C25H21NO5. The maximum absolute atomic E-state index is 12.3. The summed E-state index contributed by atoms with van der Waals surface area (Å²) < 4.78 is 11.0. The third-order valence-electron chi connectivity index (χ3n) is 4.89. The predicted molar refractivity (Wildman–Crippen MR) is 116 cm³/mol. The molecule has 4 aromatic rings. The first-order valence-electron chi connectivity index (χ1n) is 9.86. The first kappa shape index (κ1) is 20.2. The molecule has 6 heteroatoms. The zero-order valence-corrected chi connectivity index (χ0v) is 16.7. The third-order valence-corrected chi connectivity index (χ3v) is 4.89. The van der Waals surface area contributed by atoms with Gasteiger partial charge in [-0.1, -0.05) is 66.7 Å². The summed E-state index contributed by atoms with van der Waals surface area (Å²) in [5.74, 6) is -0.509. The van der Waals surface area contributed by atoms with Crippen LogP contribution in [0.2, 0.25) is 0 Å². The SMILES string of the molecule is O=C(O)CC(NC(=O)OCc1cc2cc(-c3ccccc3)ccc2o1)c1ccccc1. The summed E-state index contributed by atoms with van der Waals surface area (Å²) in [6, 6.07) is 26.0. The van der Waals surface area contributed by atoms with Crippen molar-refractivity contribution in [2.45, 2.75) is 19.1 Å². The van der Waals surface area contributed by atoms with Crippen molar-refractivity contribution in [3.05, 3.63) is 96.3 Å². The van der Waals surface area contributed by atoms with Crippen molar-refractivity contribution in [3.63, 3.8) is 0 Å². The number of carbonyl (C=O) groups is 2. The fraction of sp³-hybridized carbons (Fsp3) is 0.120. The Bertz CT molecular complexity index is 1180. The molecule has 4 rings (SSSR count). The second-order valence-electron chi connectivity index (χ2n) is 7.11. The Kier molecular flexibility index (Phi) is 5.98. The maximum Gasteiger partial charge on any atom is 0.408 e. The average molecular weight is 415 g/mol. The van der Waals surface area contributed by atoms with Crippen LogP contribution in [0.15, 0.2) is 89.3 Å². The molecule has 6 nitrogen and oxygen atoms in total. The van der Waals surface area contributed by atoms with Crippen molar-refractivity contribution in [1.29, 1.82) is 0 Å². The molecule has 1 atom stereocenters. The van der Waals surface area contributed by atoms with Gasteiger partial charge in [0.05, 0.1) is 12.5 Å². The van der Waals surface area contributed by atoms with Crippen molar-refractivity contribution in [3.8, 4) is 11.1 Å². The number of amides is 1. The van der Waals surface area contributed by atoms with Gasteiger partial charge in [-0.2, -0.15) is 0 Å². The molecule has 0 spiro atoms. The predicted octanol–water partition coefficient (Wildman–Crippen LogP) is 5.54. The topological polar surface area (TPSA) is 88.8 Å². The maximum atomic E-state index is 12.3. The number of ether oxygens (including phenoxy) is 1. The lowest BCUT2D eigenvalue weighted by Crippen LogP contribution is -2.30. The smallest absolute Gasteiger partial charge is 0.408 e. The molecule has 31 heavy (non-hydrogen) atoms. The highest BCUT2D eigenvalue weighted by molar-refractivity contribution is 5.84. The van der Waals surface area contributed by atoms with Gasteiger partial charge in [0.2, 0.25) is 0 Å². The molecule has 0 aliphatic heterocycles. The number of benzene rings is 3. The van der Waals surface area contributed by atoms with Gasteiger partial charge in [0.15, 0.2) is 6.61 Å². The summed E-state index contributed by atoms with van der Waals surface area (Å²) >= 11 is 0. The molecule has 3 aromatic carbocycles. The molecular weight excluding hydrogens is 394 g/mol. The van der Waals surface area contributed by atoms with E-state index in [0.29, 0.717) is 16.9 Å². The minimum atomic E-state index is -1.01. The lowest BCUT2D eigenvalue weighted by Gasteiger charge is -2.17. The molecule has 0 bridgehead atoms. The zero-order valence-electron chi connectivity index (χ0n) is 16.7. The largest absolute Gasteiger partial charge is 0.481 e. The second-order valence-corrected chi connectivity index (χ2v) is 7.11. The third kappa shape index (κ3) is 5.11. The number of furan rings is 1. The van der Waals surface area contributed by atoms with E-state index >= 15 is 0 Å². The van der Waals surface area contributed by atoms with E-state index < -0.39 is 18.1 Å². The number of carboxylic acids is 1. The number of hydrogen-bond donors (Lipinski definition) is 2. The molecule has 0 aliphatic rings. The van der Waals surface area contributed by atoms with Crippen molar-refractivity contribution in [1.82, 2.24) is 5.32 Å². The first-order chi connectivity index (χ1) is 15.1. The highest BCUT2D eigenvalue weighted by Crippen LogP contribution is 2.27. The van der Waals surface area contributed by atoms with Crippen molar-refractivity contribution >= 4 is 23.0 Å². The monoisotopic (exact) mass is 415 g/mol. The number of carboxylic acid groups (broad SMARTS) is 1. The Morgan fingerprint density at radius 3 is 2.32 bits per heavy atom. The number of carbonyl (C=O) groups excluding carboxylic acids is 1. The van der Waals surface area contributed by atoms with Gasteiger partial charge in [-0.25, -0.2) is 4.79 Å². The highest BCUT2D eigenvalue weighted by atomic mass is 16.6. The first-order valence-corrected chi connectivity index (χ1v) is 9.86. The Labute approximate surface area is 179 Å². The lowest BCUT2D eigenvalue weighted by molar-refractivity contribution is -0.137. The summed E-state index contributed by atoms with van der Waals surface area (Å²) in [5, 5.41) is 12.7. The van der Waals surface area contributed by atoms with Gasteiger partial charge in [-0.3, -0.25) is 4.79 Å². The van der Waals surface area contributed by atoms with E-state index in [1.807, 2.05) is 60.7 Å². The molecule has 156 valence electrons. The highest BCUT2D eigenvalue weighted by Gasteiger charge is 2.19. The summed E-state index contributed by atoms with van der Waals surface area (Å²) in [4.78, 5) is 23.4. The minimum Gasteiger partial charge on any atom is -0.481 e.